The lowest BCUT2D eigenvalue weighted by molar-refractivity contribution is 0.226. The van der Waals surface area contributed by atoms with Crippen molar-refractivity contribution in [1.82, 2.24) is 10.2 Å². The predicted molar refractivity (Wildman–Crippen MR) is 80.0 cm³/mol. The number of rotatable bonds is 8. The lowest BCUT2D eigenvalue weighted by Gasteiger charge is -2.28. The van der Waals surface area contributed by atoms with E-state index in [0.29, 0.717) is 5.56 Å². The fourth-order valence-corrected chi connectivity index (χ4v) is 2.95. The van der Waals surface area contributed by atoms with E-state index in [1.165, 1.54) is 31.7 Å². The summed E-state index contributed by atoms with van der Waals surface area (Å²) in [5.74, 6) is 0.163. The molecule has 0 amide bonds. The first-order valence-corrected chi connectivity index (χ1v) is 8.01. The number of nitrogens with zero attached hydrogens (tertiary/aromatic N) is 1. The quantitative estimate of drug-likeness (QED) is 0.791. The van der Waals surface area contributed by atoms with Gasteiger partial charge in [-0.25, -0.2) is 8.78 Å². The highest BCUT2D eigenvalue weighted by molar-refractivity contribution is 5.23. The normalized spacial score (nSPS) is 20.0. The fourth-order valence-electron chi connectivity index (χ4n) is 2.95. The van der Waals surface area contributed by atoms with E-state index in [-0.39, 0.29) is 6.04 Å². The van der Waals surface area contributed by atoms with Gasteiger partial charge in [-0.05, 0) is 50.6 Å². The van der Waals surface area contributed by atoms with E-state index in [0.717, 1.165) is 31.5 Å². The summed E-state index contributed by atoms with van der Waals surface area (Å²) in [7, 11) is 1.82. The highest BCUT2D eigenvalue weighted by atomic mass is 19.2. The summed E-state index contributed by atoms with van der Waals surface area (Å²) in [6, 6.07) is 4.30. The average molecular weight is 294 g/mol. The Bertz CT molecular complexity index is 470. The number of likely N-dealkylation sites (N-methyl/N-ethyl adjacent to an activating group) is 1. The average Bonchev–Trinajstić information content (AvgIpc) is 3.36. The topological polar surface area (TPSA) is 15.3 Å². The summed E-state index contributed by atoms with van der Waals surface area (Å²) in [5.41, 5.74) is 0.439. The lowest BCUT2D eigenvalue weighted by Crippen LogP contribution is -2.37. The second kappa shape index (κ2) is 6.41. The Hall–Kier alpha value is -1.00. The minimum Gasteiger partial charge on any atom is -0.312 e. The molecule has 2 saturated carbocycles. The SMILES string of the molecule is CNC(CN(CC1CC1)CC1CC1)c1cccc(F)c1F. The lowest BCUT2D eigenvalue weighted by atomic mass is 10.0. The van der Waals surface area contributed by atoms with Gasteiger partial charge >= 0.3 is 0 Å². The van der Waals surface area contributed by atoms with Gasteiger partial charge in [0.25, 0.3) is 0 Å². The summed E-state index contributed by atoms with van der Waals surface area (Å²) in [4.78, 5) is 2.45. The van der Waals surface area contributed by atoms with E-state index in [1.807, 2.05) is 7.05 Å². The van der Waals surface area contributed by atoms with Crippen LogP contribution in [0.1, 0.15) is 37.3 Å². The zero-order valence-corrected chi connectivity index (χ0v) is 12.6. The van der Waals surface area contributed by atoms with E-state index in [2.05, 4.69) is 10.2 Å². The highest BCUT2D eigenvalue weighted by Crippen LogP contribution is 2.34. The molecule has 21 heavy (non-hydrogen) atoms. The van der Waals surface area contributed by atoms with E-state index < -0.39 is 11.6 Å². The van der Waals surface area contributed by atoms with Gasteiger partial charge in [0.1, 0.15) is 0 Å². The Morgan fingerprint density at radius 2 is 1.76 bits per heavy atom. The molecule has 0 heterocycles. The molecule has 1 aromatic carbocycles. The maximum absolute atomic E-state index is 14.0. The van der Waals surface area contributed by atoms with Crippen molar-refractivity contribution in [1.29, 1.82) is 0 Å². The molecule has 0 aliphatic heterocycles. The molecule has 4 heteroatoms. The first-order chi connectivity index (χ1) is 10.2. The molecule has 2 aliphatic rings. The van der Waals surface area contributed by atoms with Gasteiger partial charge in [-0.2, -0.15) is 0 Å². The van der Waals surface area contributed by atoms with Crippen molar-refractivity contribution in [2.24, 2.45) is 11.8 Å². The number of halogens is 2. The molecule has 116 valence electrons. The zero-order chi connectivity index (χ0) is 14.8. The Balaban J connectivity index is 1.69. The Morgan fingerprint density at radius 1 is 1.14 bits per heavy atom. The van der Waals surface area contributed by atoms with Crippen LogP contribution in [0.15, 0.2) is 18.2 Å². The Kier molecular flexibility index (Phi) is 4.55. The zero-order valence-electron chi connectivity index (χ0n) is 12.6. The molecule has 0 saturated heterocycles. The third-order valence-corrected chi connectivity index (χ3v) is 4.57. The predicted octanol–water partition coefficient (Wildman–Crippen LogP) is 3.35. The smallest absolute Gasteiger partial charge is 0.163 e. The molecule has 1 atom stereocenters. The van der Waals surface area contributed by atoms with Gasteiger partial charge in [-0.1, -0.05) is 12.1 Å². The van der Waals surface area contributed by atoms with Crippen LogP contribution in [0.4, 0.5) is 8.78 Å². The van der Waals surface area contributed by atoms with Crippen LogP contribution in [0, 0.1) is 23.5 Å². The summed E-state index contributed by atoms with van der Waals surface area (Å²) >= 11 is 0. The van der Waals surface area contributed by atoms with E-state index >= 15 is 0 Å². The van der Waals surface area contributed by atoms with E-state index in [9.17, 15) is 8.78 Å². The maximum Gasteiger partial charge on any atom is 0.163 e. The van der Waals surface area contributed by atoms with Crippen LogP contribution in [0.2, 0.25) is 0 Å². The van der Waals surface area contributed by atoms with Crippen LogP contribution in [-0.4, -0.2) is 31.6 Å². The number of hydrogen-bond donors (Lipinski definition) is 1. The molecule has 0 aromatic heterocycles. The van der Waals surface area contributed by atoms with Crippen LogP contribution in [0.3, 0.4) is 0 Å². The molecular weight excluding hydrogens is 270 g/mol. The summed E-state index contributed by atoms with van der Waals surface area (Å²) in [5, 5.41) is 3.16. The second-order valence-corrected chi connectivity index (χ2v) is 6.59. The van der Waals surface area contributed by atoms with Crippen molar-refractivity contribution in [3.05, 3.63) is 35.4 Å². The van der Waals surface area contributed by atoms with E-state index in [1.54, 1.807) is 12.1 Å². The third kappa shape index (κ3) is 4.01. The van der Waals surface area contributed by atoms with Crippen LogP contribution >= 0.6 is 0 Å². The van der Waals surface area contributed by atoms with Crippen LogP contribution < -0.4 is 5.32 Å². The van der Waals surface area contributed by atoms with Crippen molar-refractivity contribution in [3.63, 3.8) is 0 Å². The van der Waals surface area contributed by atoms with Crippen molar-refractivity contribution < 1.29 is 8.78 Å². The molecule has 2 nitrogen and oxygen atoms in total. The summed E-state index contributed by atoms with van der Waals surface area (Å²) < 4.78 is 27.4. The summed E-state index contributed by atoms with van der Waals surface area (Å²) in [6.45, 7) is 2.96. The number of nitrogens with one attached hydrogen (secondary N) is 1. The second-order valence-electron chi connectivity index (χ2n) is 6.59. The molecule has 0 radical (unpaired) electrons. The first-order valence-electron chi connectivity index (χ1n) is 8.01. The molecule has 3 rings (SSSR count). The van der Waals surface area contributed by atoms with Crippen LogP contribution in [0.5, 0.6) is 0 Å². The van der Waals surface area contributed by atoms with Crippen molar-refractivity contribution >= 4 is 0 Å². The molecule has 0 bridgehead atoms. The minimum atomic E-state index is -0.760. The monoisotopic (exact) mass is 294 g/mol. The summed E-state index contributed by atoms with van der Waals surface area (Å²) in [6.07, 6.45) is 5.28. The van der Waals surface area contributed by atoms with Crippen molar-refractivity contribution in [2.75, 3.05) is 26.7 Å². The van der Waals surface area contributed by atoms with Crippen molar-refractivity contribution in [2.45, 2.75) is 31.7 Å². The molecule has 0 spiro atoms. The Morgan fingerprint density at radius 3 is 2.29 bits per heavy atom. The fraction of sp³-hybridized carbons (Fsp3) is 0.647. The number of hydrogen-bond acceptors (Lipinski definition) is 2. The minimum absolute atomic E-state index is 0.154. The third-order valence-electron chi connectivity index (χ3n) is 4.57. The largest absolute Gasteiger partial charge is 0.312 e. The standard InChI is InChI=1S/C17H24F2N2/c1-20-16(14-3-2-4-15(18)17(14)19)11-21(9-12-5-6-12)10-13-7-8-13/h2-4,12-13,16,20H,5-11H2,1H3. The molecule has 1 aromatic rings. The molecular formula is C17H24F2N2. The van der Waals surface area contributed by atoms with Gasteiger partial charge in [0.05, 0.1) is 0 Å². The van der Waals surface area contributed by atoms with Gasteiger partial charge in [-0.15, -0.1) is 0 Å². The molecule has 2 fully saturated rings. The number of benzene rings is 1. The van der Waals surface area contributed by atoms with Gasteiger partial charge < -0.3 is 10.2 Å². The van der Waals surface area contributed by atoms with Gasteiger partial charge in [-0.3, -0.25) is 0 Å². The highest BCUT2D eigenvalue weighted by Gasteiger charge is 2.30. The molecule has 2 aliphatic carbocycles. The maximum atomic E-state index is 14.0. The van der Waals surface area contributed by atoms with Crippen molar-refractivity contribution in [3.8, 4) is 0 Å². The van der Waals surface area contributed by atoms with Gasteiger partial charge in [0.15, 0.2) is 11.6 Å². The van der Waals surface area contributed by atoms with Gasteiger partial charge in [0.2, 0.25) is 0 Å². The van der Waals surface area contributed by atoms with Crippen LogP contribution in [-0.2, 0) is 0 Å². The molecule has 1 unspecified atom stereocenters. The molecule has 1 N–H and O–H groups in total. The Labute approximate surface area is 125 Å². The van der Waals surface area contributed by atoms with E-state index in [4.69, 9.17) is 0 Å². The van der Waals surface area contributed by atoms with Crippen LogP contribution in [0.25, 0.3) is 0 Å². The first kappa shape index (κ1) is 14.9. The van der Waals surface area contributed by atoms with Gasteiger partial charge in [0, 0.05) is 31.2 Å².